The minimum Gasteiger partial charge on any atom is -0.481 e. The van der Waals surface area contributed by atoms with Gasteiger partial charge in [-0.25, -0.2) is 0 Å². The summed E-state index contributed by atoms with van der Waals surface area (Å²) in [4.78, 5) is 23.9. The Morgan fingerprint density at radius 3 is 2.88 bits per heavy atom. The van der Waals surface area contributed by atoms with Gasteiger partial charge in [-0.05, 0) is 6.42 Å². The Balaban J connectivity index is 1.89. The molecule has 0 bridgehead atoms. The van der Waals surface area contributed by atoms with Crippen molar-refractivity contribution >= 4 is 11.9 Å². The summed E-state index contributed by atoms with van der Waals surface area (Å²) in [6.45, 7) is 0.457. The van der Waals surface area contributed by atoms with Gasteiger partial charge in [0.2, 0.25) is 5.91 Å². The van der Waals surface area contributed by atoms with Gasteiger partial charge in [0.05, 0.1) is 18.0 Å². The summed E-state index contributed by atoms with van der Waals surface area (Å²) in [6, 6.07) is 0. The third-order valence-electron chi connectivity index (χ3n) is 2.78. The molecule has 0 spiro atoms. The maximum absolute atomic E-state index is 11.8. The van der Waals surface area contributed by atoms with Crippen molar-refractivity contribution < 1.29 is 14.7 Å². The van der Waals surface area contributed by atoms with Crippen LogP contribution in [-0.4, -0.2) is 39.1 Å². The Morgan fingerprint density at radius 2 is 2.38 bits per heavy atom. The fourth-order valence-corrected chi connectivity index (χ4v) is 1.74. The number of amides is 1. The Hall–Kier alpha value is -1.85. The summed E-state index contributed by atoms with van der Waals surface area (Å²) in [5.74, 6) is -1.81. The van der Waals surface area contributed by atoms with Crippen LogP contribution in [0.1, 0.15) is 12.0 Å². The van der Waals surface area contributed by atoms with Crippen molar-refractivity contribution in [3.63, 3.8) is 0 Å². The van der Waals surface area contributed by atoms with Crippen LogP contribution in [0.4, 0.5) is 0 Å². The Labute approximate surface area is 92.3 Å². The number of nitrogens with one attached hydrogen (secondary N) is 1. The van der Waals surface area contributed by atoms with E-state index in [1.165, 1.54) is 0 Å². The minimum atomic E-state index is -0.880. The number of carboxylic acids is 1. The molecule has 1 aromatic heterocycles. The molecule has 1 saturated carbocycles. The zero-order valence-electron chi connectivity index (χ0n) is 8.88. The number of carbonyl (C=O) groups is 2. The summed E-state index contributed by atoms with van der Waals surface area (Å²) in [5, 5.41) is 15.2. The number of H-pyrrole nitrogens is 1. The molecule has 16 heavy (non-hydrogen) atoms. The molecule has 86 valence electrons. The predicted octanol–water partition coefficient (Wildman–Crippen LogP) is 0.0888. The van der Waals surface area contributed by atoms with E-state index in [2.05, 4.69) is 10.2 Å². The Bertz CT molecular complexity index is 401. The maximum Gasteiger partial charge on any atom is 0.307 e. The molecule has 0 saturated heterocycles. The summed E-state index contributed by atoms with van der Waals surface area (Å²) in [6.07, 6.45) is 3.82. The van der Waals surface area contributed by atoms with Crippen LogP contribution in [0, 0.1) is 11.8 Å². The fraction of sp³-hybridized carbons (Fsp3) is 0.500. The molecule has 0 radical (unpaired) electrons. The van der Waals surface area contributed by atoms with E-state index < -0.39 is 11.9 Å². The van der Waals surface area contributed by atoms with Crippen molar-refractivity contribution in [3.8, 4) is 0 Å². The van der Waals surface area contributed by atoms with Gasteiger partial charge in [-0.3, -0.25) is 14.7 Å². The molecule has 0 aromatic carbocycles. The zero-order valence-corrected chi connectivity index (χ0v) is 8.88. The van der Waals surface area contributed by atoms with Crippen molar-refractivity contribution in [2.45, 2.75) is 13.0 Å². The number of hydrogen-bond acceptors (Lipinski definition) is 3. The summed E-state index contributed by atoms with van der Waals surface area (Å²) in [7, 11) is 1.67. The lowest BCUT2D eigenvalue weighted by Crippen LogP contribution is -2.28. The van der Waals surface area contributed by atoms with Crippen molar-refractivity contribution in [3.05, 3.63) is 18.0 Å². The molecule has 1 aliphatic carbocycles. The van der Waals surface area contributed by atoms with Gasteiger partial charge in [0.25, 0.3) is 0 Å². The highest BCUT2D eigenvalue weighted by Gasteiger charge is 2.49. The smallest absolute Gasteiger partial charge is 0.307 e. The highest BCUT2D eigenvalue weighted by molar-refractivity contribution is 5.89. The van der Waals surface area contributed by atoms with Crippen LogP contribution in [0.5, 0.6) is 0 Å². The van der Waals surface area contributed by atoms with E-state index in [0.717, 1.165) is 5.56 Å². The molecule has 6 nitrogen and oxygen atoms in total. The second-order valence-corrected chi connectivity index (χ2v) is 4.09. The average molecular weight is 223 g/mol. The molecule has 2 N–H and O–H groups in total. The first-order valence-corrected chi connectivity index (χ1v) is 5.05. The molecular formula is C10H13N3O3. The molecule has 0 aliphatic heterocycles. The lowest BCUT2D eigenvalue weighted by Gasteiger charge is -2.15. The van der Waals surface area contributed by atoms with Gasteiger partial charge in [-0.2, -0.15) is 5.10 Å². The molecular weight excluding hydrogens is 210 g/mol. The number of hydrogen-bond donors (Lipinski definition) is 2. The minimum absolute atomic E-state index is 0.103. The number of aliphatic carboxylic acids is 1. The first-order chi connectivity index (χ1) is 7.59. The largest absolute Gasteiger partial charge is 0.481 e. The first-order valence-electron chi connectivity index (χ1n) is 5.05. The van der Waals surface area contributed by atoms with Crippen LogP contribution in [0.3, 0.4) is 0 Å². The molecule has 6 heteroatoms. The zero-order chi connectivity index (χ0) is 11.7. The van der Waals surface area contributed by atoms with Crippen LogP contribution in [-0.2, 0) is 16.1 Å². The van der Waals surface area contributed by atoms with Gasteiger partial charge in [-0.1, -0.05) is 0 Å². The fourth-order valence-electron chi connectivity index (χ4n) is 1.74. The van der Waals surface area contributed by atoms with Gasteiger partial charge in [-0.15, -0.1) is 0 Å². The SMILES string of the molecule is CN(Cc1cn[nH]c1)C(=O)[C@@H]1C[C@@H]1C(=O)O. The lowest BCUT2D eigenvalue weighted by molar-refractivity contribution is -0.141. The van der Waals surface area contributed by atoms with E-state index in [1.807, 2.05) is 0 Å². The third kappa shape index (κ3) is 2.05. The van der Waals surface area contributed by atoms with Crippen LogP contribution < -0.4 is 0 Å². The number of aromatic nitrogens is 2. The number of aromatic amines is 1. The van der Waals surface area contributed by atoms with Crippen LogP contribution in [0.25, 0.3) is 0 Å². The average Bonchev–Trinajstić information content (AvgIpc) is 2.89. The maximum atomic E-state index is 11.8. The highest BCUT2D eigenvalue weighted by atomic mass is 16.4. The van der Waals surface area contributed by atoms with Gasteiger partial charge in [0.1, 0.15) is 0 Å². The van der Waals surface area contributed by atoms with Crippen molar-refractivity contribution in [1.29, 1.82) is 0 Å². The summed E-state index contributed by atoms with van der Waals surface area (Å²) >= 11 is 0. The van der Waals surface area contributed by atoms with E-state index in [-0.39, 0.29) is 11.8 Å². The molecule has 2 rings (SSSR count). The van der Waals surface area contributed by atoms with Crippen LogP contribution >= 0.6 is 0 Å². The van der Waals surface area contributed by atoms with Crippen molar-refractivity contribution in [2.75, 3.05) is 7.05 Å². The summed E-state index contributed by atoms with van der Waals surface area (Å²) < 4.78 is 0. The molecule has 1 heterocycles. The highest BCUT2D eigenvalue weighted by Crippen LogP contribution is 2.40. The molecule has 1 aliphatic rings. The van der Waals surface area contributed by atoms with Crippen LogP contribution in [0.15, 0.2) is 12.4 Å². The standard InChI is InChI=1S/C10H13N3O3/c1-13(5-6-3-11-12-4-6)9(14)7-2-8(7)10(15)16/h3-4,7-8H,2,5H2,1H3,(H,11,12)(H,15,16)/t7-,8+/m1/s1. The monoisotopic (exact) mass is 223 g/mol. The second-order valence-electron chi connectivity index (χ2n) is 4.09. The van der Waals surface area contributed by atoms with Crippen LogP contribution in [0.2, 0.25) is 0 Å². The van der Waals surface area contributed by atoms with E-state index in [9.17, 15) is 9.59 Å². The second kappa shape index (κ2) is 3.96. The lowest BCUT2D eigenvalue weighted by atomic mass is 10.2. The molecule has 2 atom stereocenters. The number of carboxylic acid groups (broad SMARTS) is 1. The predicted molar refractivity (Wildman–Crippen MR) is 54.3 cm³/mol. The first kappa shape index (κ1) is 10.7. The third-order valence-corrected chi connectivity index (χ3v) is 2.78. The molecule has 1 amide bonds. The van der Waals surface area contributed by atoms with Gasteiger partial charge >= 0.3 is 5.97 Å². The number of rotatable bonds is 4. The number of nitrogens with zero attached hydrogens (tertiary/aromatic N) is 2. The van der Waals surface area contributed by atoms with E-state index in [4.69, 9.17) is 5.11 Å². The topological polar surface area (TPSA) is 86.3 Å². The molecule has 0 unspecified atom stereocenters. The quantitative estimate of drug-likeness (QED) is 0.757. The van der Waals surface area contributed by atoms with Crippen molar-refractivity contribution in [1.82, 2.24) is 15.1 Å². The number of carbonyl (C=O) groups excluding carboxylic acids is 1. The van der Waals surface area contributed by atoms with Gasteiger partial charge in [0, 0.05) is 25.4 Å². The summed E-state index contributed by atoms with van der Waals surface area (Å²) in [5.41, 5.74) is 0.906. The molecule has 1 aromatic rings. The van der Waals surface area contributed by atoms with E-state index in [1.54, 1.807) is 24.3 Å². The molecule has 1 fully saturated rings. The van der Waals surface area contributed by atoms with E-state index in [0.29, 0.717) is 13.0 Å². The Kier molecular flexibility index (Phi) is 2.64. The normalized spacial score (nSPS) is 22.8. The Morgan fingerprint density at radius 1 is 1.62 bits per heavy atom. The van der Waals surface area contributed by atoms with Crippen molar-refractivity contribution in [2.24, 2.45) is 11.8 Å². The van der Waals surface area contributed by atoms with Gasteiger partial charge < -0.3 is 10.0 Å². The van der Waals surface area contributed by atoms with Gasteiger partial charge in [0.15, 0.2) is 0 Å². The van der Waals surface area contributed by atoms with E-state index >= 15 is 0 Å².